The molecular formula is C29H33N7O3S. The van der Waals surface area contributed by atoms with Gasteiger partial charge in [-0.25, -0.2) is 9.78 Å². The molecule has 4 aromatic heterocycles. The molecule has 1 saturated heterocycles. The fourth-order valence-electron chi connectivity index (χ4n) is 4.62. The van der Waals surface area contributed by atoms with E-state index in [1.54, 1.807) is 36.0 Å². The number of amides is 3. The van der Waals surface area contributed by atoms with E-state index in [0.29, 0.717) is 37.2 Å². The lowest BCUT2D eigenvalue weighted by atomic mass is 10.1. The van der Waals surface area contributed by atoms with Crippen LogP contribution >= 0.6 is 11.3 Å². The molecule has 4 aromatic rings. The number of hydrogen-bond donors (Lipinski definition) is 2. The van der Waals surface area contributed by atoms with Crippen molar-refractivity contribution in [1.82, 2.24) is 24.4 Å². The zero-order valence-electron chi connectivity index (χ0n) is 23.0. The van der Waals surface area contributed by atoms with Gasteiger partial charge in [-0.05, 0) is 63.9 Å². The summed E-state index contributed by atoms with van der Waals surface area (Å²) < 4.78 is 8.01. The number of carbonyl (C=O) groups excluding carboxylic acids is 2. The first-order chi connectivity index (χ1) is 19.2. The van der Waals surface area contributed by atoms with Crippen molar-refractivity contribution >= 4 is 34.9 Å². The smallest absolute Gasteiger partial charge is 0.326 e. The highest BCUT2D eigenvalue weighted by molar-refractivity contribution is 7.13. The summed E-state index contributed by atoms with van der Waals surface area (Å²) in [5, 5.41) is 8.03. The molecule has 1 unspecified atom stereocenters. The molecular weight excluding hydrogens is 526 g/mol. The molecule has 40 heavy (non-hydrogen) atoms. The van der Waals surface area contributed by atoms with Crippen LogP contribution < -0.4 is 15.4 Å². The lowest BCUT2D eigenvalue weighted by Gasteiger charge is -2.26. The van der Waals surface area contributed by atoms with E-state index < -0.39 is 6.03 Å². The molecule has 11 heteroatoms. The first-order valence-electron chi connectivity index (χ1n) is 13.2. The largest absolute Gasteiger partial charge is 0.477 e. The zero-order valence-corrected chi connectivity index (χ0v) is 23.9. The Bertz CT molecular complexity index is 1490. The lowest BCUT2D eigenvalue weighted by molar-refractivity contribution is 0.0765. The van der Waals surface area contributed by atoms with E-state index >= 15 is 0 Å². The molecule has 1 aliphatic heterocycles. The number of carbonyl (C=O) groups is 2. The van der Waals surface area contributed by atoms with Gasteiger partial charge in [0.2, 0.25) is 5.88 Å². The lowest BCUT2D eigenvalue weighted by Crippen LogP contribution is -2.34. The van der Waals surface area contributed by atoms with Crippen LogP contribution in [0.25, 0.3) is 10.6 Å². The van der Waals surface area contributed by atoms with Gasteiger partial charge in [0, 0.05) is 60.1 Å². The summed E-state index contributed by atoms with van der Waals surface area (Å²) in [5.74, 6) is 1.47. The second kappa shape index (κ2) is 11.5. The average Bonchev–Trinajstić information content (AvgIpc) is 3.67. The number of aryl methyl sites for hydroxylation is 1. The molecule has 208 valence electrons. The van der Waals surface area contributed by atoms with Crippen LogP contribution in [0.4, 0.5) is 16.4 Å². The van der Waals surface area contributed by atoms with Crippen LogP contribution in [0.15, 0.2) is 60.4 Å². The quantitative estimate of drug-likeness (QED) is 0.302. The number of nitrogens with zero attached hydrogens (tertiary/aromatic N) is 5. The Morgan fingerprint density at radius 3 is 2.65 bits per heavy atom. The van der Waals surface area contributed by atoms with E-state index in [1.165, 1.54) is 11.3 Å². The molecule has 0 saturated carbocycles. The fourth-order valence-corrected chi connectivity index (χ4v) is 5.38. The Morgan fingerprint density at radius 1 is 1.10 bits per heavy atom. The van der Waals surface area contributed by atoms with E-state index in [2.05, 4.69) is 50.9 Å². The third kappa shape index (κ3) is 6.48. The number of thiazole rings is 1. The number of anilines is 2. The minimum atomic E-state index is -0.448. The minimum absolute atomic E-state index is 0.0499. The number of pyridine rings is 2. The number of hydrogen-bond acceptors (Lipinski definition) is 7. The van der Waals surface area contributed by atoms with Crippen molar-refractivity contribution in [3.63, 3.8) is 0 Å². The topological polar surface area (TPSA) is 114 Å². The van der Waals surface area contributed by atoms with E-state index in [9.17, 15) is 9.59 Å². The third-order valence-corrected chi connectivity index (χ3v) is 7.47. The molecule has 1 atom stereocenters. The highest BCUT2D eigenvalue weighted by Crippen LogP contribution is 2.26. The predicted octanol–water partition coefficient (Wildman–Crippen LogP) is 5.65. The van der Waals surface area contributed by atoms with Crippen molar-refractivity contribution < 1.29 is 14.3 Å². The van der Waals surface area contributed by atoms with Crippen LogP contribution in [0.2, 0.25) is 0 Å². The first kappa shape index (κ1) is 27.3. The monoisotopic (exact) mass is 559 g/mol. The Labute approximate surface area is 237 Å². The maximum absolute atomic E-state index is 13.3. The summed E-state index contributed by atoms with van der Waals surface area (Å²) in [4.78, 5) is 40.6. The standard InChI is InChI=1S/C29H33N7O3S/c1-19-14-22(36(15-19)29(2,3)4)27(37)35-13-10-20(16-35)17-39-25-7-5-6-23(31-25)33-28(38)34-24-18-40-26(32-24)21-8-11-30-12-9-21/h5-9,11-12,14-15,18,20H,10,13,16-17H2,1-4H3,(H2,31,33,34,38). The zero-order chi connectivity index (χ0) is 28.3. The van der Waals surface area contributed by atoms with Crippen LogP contribution in [-0.2, 0) is 5.54 Å². The third-order valence-electron chi connectivity index (χ3n) is 6.58. The van der Waals surface area contributed by atoms with Crippen molar-refractivity contribution in [2.75, 3.05) is 30.3 Å². The Kier molecular flexibility index (Phi) is 7.83. The molecule has 3 amide bonds. The van der Waals surface area contributed by atoms with E-state index in [4.69, 9.17) is 4.74 Å². The molecule has 0 spiro atoms. The van der Waals surface area contributed by atoms with Crippen molar-refractivity contribution in [2.24, 2.45) is 5.92 Å². The average molecular weight is 560 g/mol. The van der Waals surface area contributed by atoms with Gasteiger partial charge in [0.1, 0.15) is 22.3 Å². The SMILES string of the molecule is Cc1cc(C(=O)N2CCC(COc3cccc(NC(=O)Nc4csc(-c5ccncc5)n4)n3)C2)n(C(C)(C)C)c1. The van der Waals surface area contributed by atoms with Gasteiger partial charge in [-0.15, -0.1) is 11.3 Å². The Balaban J connectivity index is 1.12. The van der Waals surface area contributed by atoms with E-state index in [0.717, 1.165) is 28.2 Å². The predicted molar refractivity (Wildman–Crippen MR) is 156 cm³/mol. The van der Waals surface area contributed by atoms with Gasteiger partial charge in [0.05, 0.1) is 6.61 Å². The van der Waals surface area contributed by atoms with Crippen molar-refractivity contribution in [3.05, 3.63) is 71.6 Å². The van der Waals surface area contributed by atoms with Crippen molar-refractivity contribution in [1.29, 1.82) is 0 Å². The molecule has 0 aromatic carbocycles. The highest BCUT2D eigenvalue weighted by atomic mass is 32.1. The number of rotatable bonds is 7. The Morgan fingerprint density at radius 2 is 1.88 bits per heavy atom. The van der Waals surface area contributed by atoms with E-state index in [1.807, 2.05) is 36.2 Å². The van der Waals surface area contributed by atoms with Crippen LogP contribution in [-0.4, -0.2) is 56.1 Å². The van der Waals surface area contributed by atoms with Crippen molar-refractivity contribution in [3.8, 4) is 16.5 Å². The van der Waals surface area contributed by atoms with Crippen LogP contribution in [0, 0.1) is 12.8 Å². The summed E-state index contributed by atoms with van der Waals surface area (Å²) >= 11 is 1.43. The second-order valence-corrected chi connectivity index (χ2v) is 11.7. The summed E-state index contributed by atoms with van der Waals surface area (Å²) in [6.45, 7) is 10.1. The van der Waals surface area contributed by atoms with Gasteiger partial charge < -0.3 is 14.2 Å². The molecule has 0 bridgehead atoms. The molecule has 2 N–H and O–H groups in total. The molecule has 0 radical (unpaired) electrons. The fraction of sp³-hybridized carbons (Fsp3) is 0.345. The molecule has 1 fully saturated rings. The normalized spacial score (nSPS) is 15.2. The number of aromatic nitrogens is 4. The second-order valence-electron chi connectivity index (χ2n) is 10.9. The summed E-state index contributed by atoms with van der Waals surface area (Å²) in [5.41, 5.74) is 2.56. The number of likely N-dealkylation sites (tertiary alicyclic amines) is 1. The number of nitrogens with one attached hydrogen (secondary N) is 2. The maximum atomic E-state index is 13.3. The van der Waals surface area contributed by atoms with E-state index in [-0.39, 0.29) is 17.4 Å². The Hall–Kier alpha value is -4.25. The van der Waals surface area contributed by atoms with Crippen molar-refractivity contribution in [2.45, 2.75) is 39.7 Å². The highest BCUT2D eigenvalue weighted by Gasteiger charge is 2.31. The van der Waals surface area contributed by atoms with Crippen LogP contribution in [0.5, 0.6) is 5.88 Å². The molecule has 5 heterocycles. The summed E-state index contributed by atoms with van der Waals surface area (Å²) in [6.07, 6.45) is 6.30. The van der Waals surface area contributed by atoms with Gasteiger partial charge >= 0.3 is 6.03 Å². The van der Waals surface area contributed by atoms with Crippen LogP contribution in [0.3, 0.4) is 0 Å². The number of ether oxygens (including phenoxy) is 1. The molecule has 5 rings (SSSR count). The summed E-state index contributed by atoms with van der Waals surface area (Å²) in [7, 11) is 0. The summed E-state index contributed by atoms with van der Waals surface area (Å²) in [6, 6.07) is 10.5. The van der Waals surface area contributed by atoms with Gasteiger partial charge in [-0.2, -0.15) is 4.98 Å². The first-order valence-corrected chi connectivity index (χ1v) is 14.1. The minimum Gasteiger partial charge on any atom is -0.477 e. The molecule has 1 aliphatic rings. The number of urea groups is 1. The van der Waals surface area contributed by atoms with Gasteiger partial charge in [0.15, 0.2) is 0 Å². The maximum Gasteiger partial charge on any atom is 0.326 e. The van der Waals surface area contributed by atoms with Crippen LogP contribution in [0.1, 0.15) is 43.2 Å². The molecule has 10 nitrogen and oxygen atoms in total. The molecule has 0 aliphatic carbocycles. The van der Waals surface area contributed by atoms with Gasteiger partial charge in [-0.1, -0.05) is 6.07 Å². The van der Waals surface area contributed by atoms with Gasteiger partial charge in [-0.3, -0.25) is 20.4 Å². The van der Waals surface area contributed by atoms with Gasteiger partial charge in [0.25, 0.3) is 5.91 Å².